The molecule has 0 aliphatic carbocycles. The smallest absolute Gasteiger partial charge is 0.199 e. The average molecular weight is 500 g/mol. The van der Waals surface area contributed by atoms with E-state index in [1.54, 1.807) is 0 Å². The molecule has 0 saturated carbocycles. The van der Waals surface area contributed by atoms with Crippen LogP contribution in [0, 0.1) is 0 Å². The van der Waals surface area contributed by atoms with E-state index in [0.29, 0.717) is 23.2 Å². The number of rotatable bonds is 3. The van der Waals surface area contributed by atoms with Crippen molar-refractivity contribution in [1.82, 2.24) is 15.0 Å². The fourth-order valence-corrected chi connectivity index (χ4v) is 5.47. The van der Waals surface area contributed by atoms with Gasteiger partial charge in [-0.15, -0.1) is 0 Å². The molecule has 0 amide bonds. The van der Waals surface area contributed by atoms with Crippen LogP contribution in [0.3, 0.4) is 0 Å². The summed E-state index contributed by atoms with van der Waals surface area (Å²) in [6, 6.07) is 43.6. The number of aromatic nitrogens is 3. The first-order chi connectivity index (χ1) is 19.3. The van der Waals surface area contributed by atoms with Crippen LogP contribution in [0.25, 0.3) is 77.6 Å². The lowest BCUT2D eigenvalue weighted by atomic mass is 9.93. The number of benzene rings is 6. The molecule has 0 aliphatic rings. The van der Waals surface area contributed by atoms with Crippen molar-refractivity contribution < 1.29 is 4.42 Å². The van der Waals surface area contributed by atoms with E-state index in [0.717, 1.165) is 38.3 Å². The molecule has 0 fully saturated rings. The molecule has 8 rings (SSSR count). The summed E-state index contributed by atoms with van der Waals surface area (Å²) in [4.78, 5) is 15.0. The lowest BCUT2D eigenvalue weighted by Gasteiger charge is -2.14. The summed E-state index contributed by atoms with van der Waals surface area (Å²) in [5.74, 6) is 2.36. The molecule has 0 bridgehead atoms. The van der Waals surface area contributed by atoms with Gasteiger partial charge < -0.3 is 4.42 Å². The molecule has 0 atom stereocenters. The Kier molecular flexibility index (Phi) is 4.79. The first-order valence-corrected chi connectivity index (χ1v) is 13.0. The highest BCUT2D eigenvalue weighted by Gasteiger charge is 2.19. The highest BCUT2D eigenvalue weighted by molar-refractivity contribution is 6.19. The highest BCUT2D eigenvalue weighted by Crippen LogP contribution is 2.39. The molecule has 182 valence electrons. The number of para-hydroxylation sites is 1. The second-order valence-corrected chi connectivity index (χ2v) is 9.68. The van der Waals surface area contributed by atoms with E-state index in [-0.39, 0.29) is 0 Å². The zero-order chi connectivity index (χ0) is 25.8. The van der Waals surface area contributed by atoms with Crippen LogP contribution in [0.15, 0.2) is 132 Å². The Morgan fingerprint density at radius 1 is 0.410 bits per heavy atom. The van der Waals surface area contributed by atoms with Gasteiger partial charge in [-0.25, -0.2) is 15.0 Å². The lowest BCUT2D eigenvalue weighted by Crippen LogP contribution is -2.00. The van der Waals surface area contributed by atoms with Crippen LogP contribution in [-0.2, 0) is 0 Å². The summed E-state index contributed by atoms with van der Waals surface area (Å²) in [5, 5.41) is 7.94. The van der Waals surface area contributed by atoms with E-state index in [1.807, 2.05) is 60.7 Å². The van der Waals surface area contributed by atoms with Crippen LogP contribution in [0.4, 0.5) is 0 Å². The minimum atomic E-state index is 0.511. The molecule has 0 N–H and O–H groups in total. The van der Waals surface area contributed by atoms with Crippen molar-refractivity contribution in [2.24, 2.45) is 0 Å². The maximum Gasteiger partial charge on any atom is 0.199 e. The van der Waals surface area contributed by atoms with Gasteiger partial charge in [-0.2, -0.15) is 0 Å². The first kappa shape index (κ1) is 21.7. The Morgan fingerprint density at radius 3 is 1.92 bits per heavy atom. The van der Waals surface area contributed by atoms with Crippen molar-refractivity contribution in [3.8, 4) is 34.4 Å². The number of furan rings is 1. The normalized spacial score (nSPS) is 11.6. The number of nitrogens with zero attached hydrogens (tertiary/aromatic N) is 3. The van der Waals surface area contributed by atoms with Crippen molar-refractivity contribution in [1.29, 1.82) is 0 Å². The number of hydrogen-bond acceptors (Lipinski definition) is 4. The largest absolute Gasteiger partial charge is 0.453 e. The molecular weight excluding hydrogens is 478 g/mol. The molecule has 0 spiro atoms. The van der Waals surface area contributed by atoms with Crippen molar-refractivity contribution in [2.75, 3.05) is 0 Å². The highest BCUT2D eigenvalue weighted by atomic mass is 16.3. The third-order valence-corrected chi connectivity index (χ3v) is 7.31. The summed E-state index contributed by atoms with van der Waals surface area (Å²) in [5.41, 5.74) is 2.72. The molecule has 0 aliphatic heterocycles. The standard InChI is InChI=1S/C35H21N3O/c1-2-11-23(12-3-1)33-36-34(31-21-25-14-6-9-17-30(25)39-31)38-35(37-33)32-27-16-8-5-13-24(27)20-29-26-15-7-4-10-22(26)18-19-28(29)32/h1-21H. The van der Waals surface area contributed by atoms with Crippen LogP contribution < -0.4 is 0 Å². The molecule has 0 unspecified atom stereocenters. The van der Waals surface area contributed by atoms with Crippen molar-refractivity contribution in [3.63, 3.8) is 0 Å². The molecule has 0 saturated heterocycles. The second-order valence-electron chi connectivity index (χ2n) is 9.68. The van der Waals surface area contributed by atoms with Crippen LogP contribution in [0.5, 0.6) is 0 Å². The van der Waals surface area contributed by atoms with Gasteiger partial charge in [0, 0.05) is 16.5 Å². The molecule has 2 heterocycles. The SMILES string of the molecule is c1ccc(-c2nc(-c3cc4ccccc4o3)nc(-c3c4ccccc4cc4c3ccc3ccccc34)n2)cc1. The summed E-state index contributed by atoms with van der Waals surface area (Å²) in [7, 11) is 0. The molecule has 0 radical (unpaired) electrons. The van der Waals surface area contributed by atoms with E-state index in [2.05, 4.69) is 66.7 Å². The summed E-state index contributed by atoms with van der Waals surface area (Å²) in [6.45, 7) is 0. The Labute approximate surface area is 224 Å². The minimum absolute atomic E-state index is 0.511. The zero-order valence-electron chi connectivity index (χ0n) is 20.9. The van der Waals surface area contributed by atoms with Crippen LogP contribution in [-0.4, -0.2) is 15.0 Å². The zero-order valence-corrected chi connectivity index (χ0v) is 20.9. The van der Waals surface area contributed by atoms with Gasteiger partial charge in [-0.05, 0) is 50.5 Å². The third-order valence-electron chi connectivity index (χ3n) is 7.31. The van der Waals surface area contributed by atoms with Gasteiger partial charge in [0.05, 0.1) is 0 Å². The molecule has 6 aromatic carbocycles. The van der Waals surface area contributed by atoms with Gasteiger partial charge in [-0.1, -0.05) is 109 Å². The number of hydrogen-bond donors (Lipinski definition) is 0. The summed E-state index contributed by atoms with van der Waals surface area (Å²) < 4.78 is 6.22. The minimum Gasteiger partial charge on any atom is -0.453 e. The van der Waals surface area contributed by atoms with Gasteiger partial charge in [0.15, 0.2) is 23.2 Å². The fourth-order valence-electron chi connectivity index (χ4n) is 5.47. The van der Waals surface area contributed by atoms with E-state index >= 15 is 0 Å². The van der Waals surface area contributed by atoms with Gasteiger partial charge >= 0.3 is 0 Å². The number of fused-ring (bicyclic) bond motifs is 5. The lowest BCUT2D eigenvalue weighted by molar-refractivity contribution is 0.625. The molecule has 4 heteroatoms. The summed E-state index contributed by atoms with van der Waals surface area (Å²) >= 11 is 0. The Morgan fingerprint density at radius 2 is 1.08 bits per heavy atom. The molecule has 2 aromatic heterocycles. The predicted molar refractivity (Wildman–Crippen MR) is 158 cm³/mol. The molecule has 39 heavy (non-hydrogen) atoms. The monoisotopic (exact) mass is 499 g/mol. The first-order valence-electron chi connectivity index (χ1n) is 13.0. The van der Waals surface area contributed by atoms with Gasteiger partial charge in [0.2, 0.25) is 0 Å². The van der Waals surface area contributed by atoms with E-state index < -0.39 is 0 Å². The fraction of sp³-hybridized carbons (Fsp3) is 0. The van der Waals surface area contributed by atoms with E-state index in [1.165, 1.54) is 16.2 Å². The average Bonchev–Trinajstić information content (AvgIpc) is 3.45. The Bertz CT molecular complexity index is 2150. The van der Waals surface area contributed by atoms with Crippen molar-refractivity contribution >= 4 is 43.3 Å². The predicted octanol–water partition coefficient (Wildman–Crippen LogP) is 9.08. The van der Waals surface area contributed by atoms with Gasteiger partial charge in [0.1, 0.15) is 5.58 Å². The third kappa shape index (κ3) is 3.57. The van der Waals surface area contributed by atoms with E-state index in [9.17, 15) is 0 Å². The van der Waals surface area contributed by atoms with Gasteiger partial charge in [0.25, 0.3) is 0 Å². The molecular formula is C35H21N3O. The maximum atomic E-state index is 6.22. The van der Waals surface area contributed by atoms with Crippen LogP contribution >= 0.6 is 0 Å². The Balaban J connectivity index is 1.48. The Hall–Kier alpha value is -5.35. The van der Waals surface area contributed by atoms with Crippen molar-refractivity contribution in [3.05, 3.63) is 127 Å². The van der Waals surface area contributed by atoms with Crippen molar-refractivity contribution in [2.45, 2.75) is 0 Å². The van der Waals surface area contributed by atoms with Crippen LogP contribution in [0.2, 0.25) is 0 Å². The topological polar surface area (TPSA) is 51.8 Å². The molecule has 8 aromatic rings. The maximum absolute atomic E-state index is 6.22. The summed E-state index contributed by atoms with van der Waals surface area (Å²) in [6.07, 6.45) is 0. The molecule has 4 nitrogen and oxygen atoms in total. The quantitative estimate of drug-likeness (QED) is 0.180. The van der Waals surface area contributed by atoms with Gasteiger partial charge in [-0.3, -0.25) is 0 Å². The van der Waals surface area contributed by atoms with E-state index in [4.69, 9.17) is 19.4 Å². The second kappa shape index (κ2) is 8.61. The van der Waals surface area contributed by atoms with Crippen LogP contribution in [0.1, 0.15) is 0 Å².